The summed E-state index contributed by atoms with van der Waals surface area (Å²) in [7, 11) is 1.40. The molecule has 1 fully saturated rings. The molecule has 7 heteroatoms. The molecule has 21 heavy (non-hydrogen) atoms. The summed E-state index contributed by atoms with van der Waals surface area (Å²) in [6.45, 7) is 0.654. The van der Waals surface area contributed by atoms with Gasteiger partial charge in [-0.3, -0.25) is 10.1 Å². The molecular weight excluding hydrogens is 274 g/mol. The normalized spacial score (nSPS) is 14.7. The van der Waals surface area contributed by atoms with E-state index in [-0.39, 0.29) is 17.5 Å². The van der Waals surface area contributed by atoms with E-state index in [1.165, 1.54) is 38.2 Å². The zero-order chi connectivity index (χ0) is 15.2. The molecule has 0 heterocycles. The average molecular weight is 293 g/mol. The highest BCUT2D eigenvalue weighted by Crippen LogP contribution is 2.29. The Kier molecular flexibility index (Phi) is 4.97. The van der Waals surface area contributed by atoms with Crippen molar-refractivity contribution < 1.29 is 14.5 Å². The van der Waals surface area contributed by atoms with Crippen LogP contribution in [0.5, 0.6) is 5.75 Å². The first-order chi connectivity index (χ1) is 10.1. The van der Waals surface area contributed by atoms with Gasteiger partial charge in [-0.25, -0.2) is 4.79 Å². The van der Waals surface area contributed by atoms with Gasteiger partial charge in [-0.1, -0.05) is 12.8 Å². The number of urea groups is 1. The fraction of sp³-hybridized carbons (Fsp3) is 0.500. The van der Waals surface area contributed by atoms with Crippen LogP contribution >= 0.6 is 0 Å². The molecule has 1 aromatic carbocycles. The van der Waals surface area contributed by atoms with Crippen LogP contribution in [0.4, 0.5) is 16.2 Å². The number of amides is 2. The smallest absolute Gasteiger partial charge is 0.319 e. The third-order valence-electron chi connectivity index (χ3n) is 3.67. The SMILES string of the molecule is COc1cc([N+](=O)[O-])ccc1NC(=O)NCC1CCCC1. The van der Waals surface area contributed by atoms with E-state index in [1.54, 1.807) is 0 Å². The molecule has 7 nitrogen and oxygen atoms in total. The molecule has 0 bridgehead atoms. The highest BCUT2D eigenvalue weighted by Gasteiger charge is 2.17. The van der Waals surface area contributed by atoms with Gasteiger partial charge in [0.1, 0.15) is 5.75 Å². The predicted molar refractivity (Wildman–Crippen MR) is 78.6 cm³/mol. The van der Waals surface area contributed by atoms with E-state index in [4.69, 9.17) is 4.74 Å². The molecule has 0 spiro atoms. The summed E-state index contributed by atoms with van der Waals surface area (Å²) in [6.07, 6.45) is 4.76. The van der Waals surface area contributed by atoms with Gasteiger partial charge < -0.3 is 15.4 Å². The van der Waals surface area contributed by atoms with Crippen molar-refractivity contribution in [1.29, 1.82) is 0 Å². The third kappa shape index (κ3) is 4.08. The van der Waals surface area contributed by atoms with Crippen LogP contribution in [-0.2, 0) is 0 Å². The van der Waals surface area contributed by atoms with E-state index in [0.717, 1.165) is 12.8 Å². The Morgan fingerprint density at radius 3 is 2.76 bits per heavy atom. The fourth-order valence-corrected chi connectivity index (χ4v) is 2.51. The van der Waals surface area contributed by atoms with Gasteiger partial charge in [-0.2, -0.15) is 0 Å². The van der Waals surface area contributed by atoms with Crippen LogP contribution in [0, 0.1) is 16.0 Å². The molecule has 0 aliphatic heterocycles. The molecule has 2 amide bonds. The van der Waals surface area contributed by atoms with Crippen molar-refractivity contribution in [1.82, 2.24) is 5.32 Å². The number of hydrogen-bond donors (Lipinski definition) is 2. The summed E-state index contributed by atoms with van der Waals surface area (Å²) in [5.41, 5.74) is 0.329. The molecule has 0 aromatic heterocycles. The van der Waals surface area contributed by atoms with Crippen molar-refractivity contribution in [3.05, 3.63) is 28.3 Å². The first kappa shape index (κ1) is 15.1. The number of nitro groups is 1. The van der Waals surface area contributed by atoms with Crippen LogP contribution in [0.15, 0.2) is 18.2 Å². The predicted octanol–water partition coefficient (Wildman–Crippen LogP) is 2.92. The second kappa shape index (κ2) is 6.92. The Morgan fingerprint density at radius 2 is 2.14 bits per heavy atom. The van der Waals surface area contributed by atoms with E-state index in [9.17, 15) is 14.9 Å². The third-order valence-corrected chi connectivity index (χ3v) is 3.67. The topological polar surface area (TPSA) is 93.5 Å². The molecule has 1 saturated carbocycles. The van der Waals surface area contributed by atoms with E-state index in [2.05, 4.69) is 10.6 Å². The van der Waals surface area contributed by atoms with Gasteiger partial charge in [0, 0.05) is 12.6 Å². The van der Waals surface area contributed by atoms with E-state index in [0.29, 0.717) is 18.2 Å². The van der Waals surface area contributed by atoms with Gasteiger partial charge in [0.15, 0.2) is 0 Å². The van der Waals surface area contributed by atoms with Gasteiger partial charge in [0.2, 0.25) is 0 Å². The molecule has 2 N–H and O–H groups in total. The van der Waals surface area contributed by atoms with Gasteiger partial charge >= 0.3 is 6.03 Å². The maximum Gasteiger partial charge on any atom is 0.319 e. The number of nitro benzene ring substituents is 1. The Hall–Kier alpha value is -2.31. The van der Waals surface area contributed by atoms with Crippen LogP contribution in [0.3, 0.4) is 0 Å². The van der Waals surface area contributed by atoms with Gasteiger partial charge in [-0.15, -0.1) is 0 Å². The number of carbonyl (C=O) groups excluding carboxylic acids is 1. The number of anilines is 1. The zero-order valence-electron chi connectivity index (χ0n) is 11.9. The molecule has 0 unspecified atom stereocenters. The van der Waals surface area contributed by atoms with E-state index >= 15 is 0 Å². The summed E-state index contributed by atoms with van der Waals surface area (Å²) in [5.74, 6) is 0.815. The van der Waals surface area contributed by atoms with Crippen molar-refractivity contribution in [2.24, 2.45) is 5.92 Å². The number of ether oxygens (including phenoxy) is 1. The molecule has 1 aliphatic carbocycles. The van der Waals surface area contributed by atoms with Crippen molar-refractivity contribution >= 4 is 17.4 Å². The molecule has 1 aromatic rings. The van der Waals surface area contributed by atoms with E-state index < -0.39 is 4.92 Å². The lowest BCUT2D eigenvalue weighted by atomic mass is 10.1. The minimum absolute atomic E-state index is 0.0798. The van der Waals surface area contributed by atoms with Crippen LogP contribution in [0.1, 0.15) is 25.7 Å². The Balaban J connectivity index is 1.94. The van der Waals surface area contributed by atoms with Crippen LogP contribution in [0.2, 0.25) is 0 Å². The number of nitrogens with zero attached hydrogens (tertiary/aromatic N) is 1. The highest BCUT2D eigenvalue weighted by molar-refractivity contribution is 5.91. The van der Waals surface area contributed by atoms with Crippen molar-refractivity contribution in [2.45, 2.75) is 25.7 Å². The van der Waals surface area contributed by atoms with Crippen LogP contribution in [-0.4, -0.2) is 24.6 Å². The quantitative estimate of drug-likeness (QED) is 0.644. The minimum Gasteiger partial charge on any atom is -0.494 e. The van der Waals surface area contributed by atoms with E-state index in [1.807, 2.05) is 0 Å². The molecule has 1 aliphatic rings. The highest BCUT2D eigenvalue weighted by atomic mass is 16.6. The van der Waals surface area contributed by atoms with Gasteiger partial charge in [0.25, 0.3) is 5.69 Å². The summed E-state index contributed by atoms with van der Waals surface area (Å²) < 4.78 is 5.07. The second-order valence-electron chi connectivity index (χ2n) is 5.13. The summed E-state index contributed by atoms with van der Waals surface area (Å²) in [5, 5.41) is 16.2. The molecule has 114 valence electrons. The molecular formula is C14H19N3O4. The number of methoxy groups -OCH3 is 1. The first-order valence-electron chi connectivity index (χ1n) is 6.97. The number of non-ortho nitro benzene ring substituents is 1. The summed E-state index contributed by atoms with van der Waals surface area (Å²) in [6, 6.07) is 3.75. The first-order valence-corrected chi connectivity index (χ1v) is 6.97. The maximum absolute atomic E-state index is 11.8. The second-order valence-corrected chi connectivity index (χ2v) is 5.13. The Bertz CT molecular complexity index is 527. The van der Waals surface area contributed by atoms with Crippen LogP contribution in [0.25, 0.3) is 0 Å². The van der Waals surface area contributed by atoms with Crippen molar-refractivity contribution in [2.75, 3.05) is 19.0 Å². The number of hydrogen-bond acceptors (Lipinski definition) is 4. The lowest BCUT2D eigenvalue weighted by Gasteiger charge is -2.13. The number of carbonyl (C=O) groups is 1. The Morgan fingerprint density at radius 1 is 1.43 bits per heavy atom. The fourth-order valence-electron chi connectivity index (χ4n) is 2.51. The molecule has 0 radical (unpaired) electrons. The lowest BCUT2D eigenvalue weighted by molar-refractivity contribution is -0.384. The van der Waals surface area contributed by atoms with Crippen molar-refractivity contribution in [3.63, 3.8) is 0 Å². The number of rotatable bonds is 5. The summed E-state index contributed by atoms with van der Waals surface area (Å²) in [4.78, 5) is 22.0. The number of benzene rings is 1. The maximum atomic E-state index is 11.8. The summed E-state index contributed by atoms with van der Waals surface area (Å²) >= 11 is 0. The van der Waals surface area contributed by atoms with Crippen molar-refractivity contribution in [3.8, 4) is 5.75 Å². The van der Waals surface area contributed by atoms with Crippen LogP contribution < -0.4 is 15.4 Å². The average Bonchev–Trinajstić information content (AvgIpc) is 2.98. The standard InChI is InChI=1S/C14H19N3O4/c1-21-13-8-11(17(19)20)6-7-12(13)16-14(18)15-9-10-4-2-3-5-10/h6-8,10H,2-5,9H2,1H3,(H2,15,16,18). The minimum atomic E-state index is -0.507. The largest absolute Gasteiger partial charge is 0.494 e. The number of nitrogens with one attached hydrogen (secondary N) is 2. The molecule has 0 saturated heterocycles. The molecule has 2 rings (SSSR count). The Labute approximate surface area is 122 Å². The van der Waals surface area contributed by atoms with Gasteiger partial charge in [-0.05, 0) is 24.8 Å². The monoisotopic (exact) mass is 293 g/mol. The molecule has 0 atom stereocenters. The van der Waals surface area contributed by atoms with Gasteiger partial charge in [0.05, 0.1) is 23.8 Å². The zero-order valence-corrected chi connectivity index (χ0v) is 11.9. The lowest BCUT2D eigenvalue weighted by Crippen LogP contribution is -2.32.